The molecule has 154 valence electrons. The van der Waals surface area contributed by atoms with E-state index in [-0.39, 0.29) is 5.75 Å². The lowest BCUT2D eigenvalue weighted by atomic mass is 9.92. The van der Waals surface area contributed by atoms with Crippen molar-refractivity contribution in [1.82, 2.24) is 19.5 Å². The fraction of sp³-hybridized carbons (Fsp3) is 0.476. The normalized spacial score (nSPS) is 19.4. The van der Waals surface area contributed by atoms with E-state index in [9.17, 15) is 5.11 Å². The van der Waals surface area contributed by atoms with Gasteiger partial charge in [0.2, 0.25) is 5.95 Å². The van der Waals surface area contributed by atoms with Crippen LogP contribution in [-0.4, -0.2) is 36.7 Å². The van der Waals surface area contributed by atoms with Crippen LogP contribution in [0.25, 0.3) is 11.2 Å². The Bertz CT molecular complexity index is 992. The van der Waals surface area contributed by atoms with Crippen LogP contribution >= 0.6 is 0 Å². The summed E-state index contributed by atoms with van der Waals surface area (Å²) < 4.78 is 2.01. The van der Waals surface area contributed by atoms with Gasteiger partial charge in [-0.3, -0.25) is 0 Å². The number of benzene rings is 1. The highest BCUT2D eigenvalue weighted by Gasteiger charge is 2.20. The lowest BCUT2D eigenvalue weighted by Gasteiger charge is -2.26. The number of imidazole rings is 1. The van der Waals surface area contributed by atoms with Gasteiger partial charge in [0.25, 0.3) is 0 Å². The van der Waals surface area contributed by atoms with E-state index in [1.54, 1.807) is 12.4 Å². The molecular weight excluding hydrogens is 366 g/mol. The summed E-state index contributed by atoms with van der Waals surface area (Å²) in [4.78, 5) is 13.9. The molecule has 0 spiro atoms. The first-order valence-electron chi connectivity index (χ1n) is 10.3. The highest BCUT2D eigenvalue weighted by Crippen LogP contribution is 2.26. The summed E-state index contributed by atoms with van der Waals surface area (Å²) in [6.07, 6.45) is 5.87. The first kappa shape index (κ1) is 19.4. The number of aryl methyl sites for hydroxylation is 2. The van der Waals surface area contributed by atoms with Gasteiger partial charge in [-0.25, -0.2) is 4.98 Å². The van der Waals surface area contributed by atoms with Crippen molar-refractivity contribution in [3.8, 4) is 5.75 Å². The SMILES string of the molecule is CCn1cnc2c(NCc3cc(C)ccc3O)nc(NC3CCC(N)CC3)nc21. The van der Waals surface area contributed by atoms with Crippen molar-refractivity contribution in [2.75, 3.05) is 10.6 Å². The van der Waals surface area contributed by atoms with E-state index in [1.165, 1.54) is 0 Å². The predicted molar refractivity (Wildman–Crippen MR) is 115 cm³/mol. The fourth-order valence-corrected chi connectivity index (χ4v) is 3.84. The van der Waals surface area contributed by atoms with E-state index in [0.29, 0.717) is 30.4 Å². The number of fused-ring (bicyclic) bond motifs is 1. The molecule has 0 aliphatic heterocycles. The minimum Gasteiger partial charge on any atom is -0.508 e. The molecule has 0 atom stereocenters. The smallest absolute Gasteiger partial charge is 0.227 e. The summed E-state index contributed by atoms with van der Waals surface area (Å²) in [6.45, 7) is 5.31. The van der Waals surface area contributed by atoms with Gasteiger partial charge in [-0.15, -0.1) is 0 Å². The summed E-state index contributed by atoms with van der Waals surface area (Å²) in [5.41, 5.74) is 9.48. The predicted octanol–water partition coefficient (Wildman–Crippen LogP) is 3.15. The molecule has 1 aliphatic carbocycles. The number of phenolic OH excluding ortho intramolecular Hbond substituents is 1. The van der Waals surface area contributed by atoms with Crippen LogP contribution in [0.15, 0.2) is 24.5 Å². The van der Waals surface area contributed by atoms with E-state index in [0.717, 1.165) is 54.5 Å². The van der Waals surface area contributed by atoms with Gasteiger partial charge in [0.15, 0.2) is 17.0 Å². The standard InChI is InChI=1S/C21H29N7O/c1-3-28-12-24-18-19(23-11-14-10-13(2)4-9-17(14)29)26-21(27-20(18)28)25-16-7-5-15(22)6-8-16/h4,9-10,12,15-16,29H,3,5-8,11,22H2,1-2H3,(H2,23,25,26,27). The Hall–Kier alpha value is -2.87. The molecule has 1 aliphatic rings. The summed E-state index contributed by atoms with van der Waals surface area (Å²) in [7, 11) is 0. The number of nitrogens with one attached hydrogen (secondary N) is 2. The van der Waals surface area contributed by atoms with Crippen LogP contribution in [0.5, 0.6) is 5.75 Å². The zero-order valence-corrected chi connectivity index (χ0v) is 17.0. The minimum atomic E-state index is 0.268. The molecule has 2 aromatic heterocycles. The largest absolute Gasteiger partial charge is 0.508 e. The van der Waals surface area contributed by atoms with Crippen molar-refractivity contribution >= 4 is 22.9 Å². The molecule has 8 nitrogen and oxygen atoms in total. The van der Waals surface area contributed by atoms with Crippen LogP contribution in [0.2, 0.25) is 0 Å². The van der Waals surface area contributed by atoms with Crippen molar-refractivity contribution in [3.05, 3.63) is 35.7 Å². The van der Waals surface area contributed by atoms with Gasteiger partial charge in [0.1, 0.15) is 5.75 Å². The molecule has 3 aromatic rings. The summed E-state index contributed by atoms with van der Waals surface area (Å²) in [5, 5.41) is 17.0. The van der Waals surface area contributed by atoms with Gasteiger partial charge in [-0.05, 0) is 45.6 Å². The van der Waals surface area contributed by atoms with E-state index in [2.05, 4.69) is 22.5 Å². The highest BCUT2D eigenvalue weighted by atomic mass is 16.3. The zero-order chi connectivity index (χ0) is 20.4. The number of nitrogens with zero attached hydrogens (tertiary/aromatic N) is 4. The molecule has 29 heavy (non-hydrogen) atoms. The quantitative estimate of drug-likeness (QED) is 0.507. The third-order valence-electron chi connectivity index (χ3n) is 5.59. The lowest BCUT2D eigenvalue weighted by molar-refractivity contribution is 0.410. The van der Waals surface area contributed by atoms with Gasteiger partial charge >= 0.3 is 0 Å². The van der Waals surface area contributed by atoms with E-state index < -0.39 is 0 Å². The van der Waals surface area contributed by atoms with Crippen molar-refractivity contribution in [3.63, 3.8) is 0 Å². The topological polar surface area (TPSA) is 114 Å². The number of nitrogens with two attached hydrogens (primary N) is 1. The maximum absolute atomic E-state index is 10.1. The number of aromatic hydroxyl groups is 1. The molecule has 0 unspecified atom stereocenters. The molecule has 1 fully saturated rings. The Morgan fingerprint density at radius 3 is 2.76 bits per heavy atom. The molecule has 0 amide bonds. The molecule has 2 heterocycles. The molecule has 5 N–H and O–H groups in total. The lowest BCUT2D eigenvalue weighted by Crippen LogP contribution is -2.33. The Morgan fingerprint density at radius 1 is 1.21 bits per heavy atom. The van der Waals surface area contributed by atoms with Crippen LogP contribution in [-0.2, 0) is 13.1 Å². The Labute approximate surface area is 170 Å². The molecule has 8 heteroatoms. The minimum absolute atomic E-state index is 0.268. The third kappa shape index (κ3) is 4.27. The highest BCUT2D eigenvalue weighted by molar-refractivity contribution is 5.84. The average Bonchev–Trinajstić information content (AvgIpc) is 3.13. The Balaban J connectivity index is 1.61. The van der Waals surface area contributed by atoms with Gasteiger partial charge in [0, 0.05) is 30.7 Å². The second-order valence-corrected chi connectivity index (χ2v) is 7.84. The first-order valence-corrected chi connectivity index (χ1v) is 10.3. The number of hydrogen-bond donors (Lipinski definition) is 4. The van der Waals surface area contributed by atoms with Gasteiger partial charge in [-0.2, -0.15) is 9.97 Å². The molecule has 4 rings (SSSR count). The number of phenols is 1. The third-order valence-corrected chi connectivity index (χ3v) is 5.59. The second-order valence-electron chi connectivity index (χ2n) is 7.84. The first-order chi connectivity index (χ1) is 14.0. The summed E-state index contributed by atoms with van der Waals surface area (Å²) in [6, 6.07) is 6.21. The zero-order valence-electron chi connectivity index (χ0n) is 17.0. The number of aromatic nitrogens is 4. The van der Waals surface area contributed by atoms with Crippen molar-refractivity contribution < 1.29 is 5.11 Å². The molecule has 0 radical (unpaired) electrons. The maximum Gasteiger partial charge on any atom is 0.227 e. The van der Waals surface area contributed by atoms with Crippen molar-refractivity contribution in [2.45, 2.75) is 64.7 Å². The van der Waals surface area contributed by atoms with E-state index in [4.69, 9.17) is 15.7 Å². The number of rotatable bonds is 6. The summed E-state index contributed by atoms with van der Waals surface area (Å²) >= 11 is 0. The second kappa shape index (κ2) is 8.24. The molecule has 1 aromatic carbocycles. The monoisotopic (exact) mass is 395 g/mol. The van der Waals surface area contributed by atoms with Crippen LogP contribution < -0.4 is 16.4 Å². The maximum atomic E-state index is 10.1. The van der Waals surface area contributed by atoms with Crippen LogP contribution in [0.3, 0.4) is 0 Å². The fourth-order valence-electron chi connectivity index (χ4n) is 3.84. The van der Waals surface area contributed by atoms with Crippen LogP contribution in [0.1, 0.15) is 43.7 Å². The Morgan fingerprint density at radius 2 is 2.00 bits per heavy atom. The number of anilines is 2. The molecule has 1 saturated carbocycles. The van der Waals surface area contributed by atoms with Crippen LogP contribution in [0, 0.1) is 6.92 Å². The van der Waals surface area contributed by atoms with Crippen molar-refractivity contribution in [1.29, 1.82) is 0 Å². The summed E-state index contributed by atoms with van der Waals surface area (Å²) in [5.74, 6) is 1.53. The van der Waals surface area contributed by atoms with Crippen molar-refractivity contribution in [2.24, 2.45) is 5.73 Å². The van der Waals surface area contributed by atoms with E-state index in [1.807, 2.05) is 23.6 Å². The van der Waals surface area contributed by atoms with Crippen LogP contribution in [0.4, 0.5) is 11.8 Å². The average molecular weight is 396 g/mol. The molecule has 0 saturated heterocycles. The molecule has 0 bridgehead atoms. The van der Waals surface area contributed by atoms with Gasteiger partial charge in [-0.1, -0.05) is 17.7 Å². The molecular formula is C21H29N7O. The van der Waals surface area contributed by atoms with Gasteiger partial charge in [0.05, 0.1) is 6.33 Å². The van der Waals surface area contributed by atoms with Gasteiger partial charge < -0.3 is 26.0 Å². The number of hydrogen-bond acceptors (Lipinski definition) is 7. The Kier molecular flexibility index (Phi) is 5.53. The van der Waals surface area contributed by atoms with E-state index >= 15 is 0 Å².